The Bertz CT molecular complexity index is 302. The van der Waals surface area contributed by atoms with Crippen LogP contribution in [0.4, 0.5) is 0 Å². The van der Waals surface area contributed by atoms with E-state index in [0.29, 0.717) is 6.04 Å². The van der Waals surface area contributed by atoms with Crippen molar-refractivity contribution in [2.75, 3.05) is 19.6 Å². The molecule has 3 heteroatoms. The summed E-state index contributed by atoms with van der Waals surface area (Å²) in [7, 11) is 0. The number of hydrogen-bond acceptors (Lipinski definition) is 2. The highest BCUT2D eigenvalue weighted by Crippen LogP contribution is 2.14. The lowest BCUT2D eigenvalue weighted by Crippen LogP contribution is -2.37. The predicted molar refractivity (Wildman–Crippen MR) is 71.2 cm³/mol. The molecule has 0 saturated carbocycles. The molecule has 1 aromatic rings. The first kappa shape index (κ1) is 13.5. The van der Waals surface area contributed by atoms with Gasteiger partial charge in [0.1, 0.15) is 0 Å². The van der Waals surface area contributed by atoms with Gasteiger partial charge in [-0.25, -0.2) is 0 Å². The maximum absolute atomic E-state index is 6.08. The Hall–Kier alpha value is -0.570. The number of nitrogens with one attached hydrogen (secondary N) is 2. The summed E-state index contributed by atoms with van der Waals surface area (Å²) >= 11 is 6.08. The molecule has 0 aliphatic carbocycles. The van der Waals surface area contributed by atoms with Gasteiger partial charge in [0.15, 0.2) is 0 Å². The highest BCUT2D eigenvalue weighted by atomic mass is 35.5. The number of likely N-dealkylation sites (N-methyl/N-ethyl adjacent to an activating group) is 1. The zero-order valence-electron chi connectivity index (χ0n) is 10.1. The predicted octanol–water partition coefficient (Wildman–Crippen LogP) is 2.47. The molecule has 0 saturated heterocycles. The first-order valence-electron chi connectivity index (χ1n) is 5.91. The molecule has 1 atom stereocenters. The quantitative estimate of drug-likeness (QED) is 0.765. The molecular weight excluding hydrogens is 220 g/mol. The van der Waals surface area contributed by atoms with Gasteiger partial charge in [-0.15, -0.1) is 0 Å². The third-order valence-corrected chi connectivity index (χ3v) is 2.91. The van der Waals surface area contributed by atoms with Crippen LogP contribution < -0.4 is 10.6 Å². The fourth-order valence-corrected chi connectivity index (χ4v) is 1.82. The standard InChI is InChI=1S/C13H21ClN2/c1-3-15-10-11(2)16-9-8-12-6-4-5-7-13(12)14/h4-7,11,15-16H,3,8-10H2,1-2H3. The lowest BCUT2D eigenvalue weighted by Gasteiger charge is -2.14. The minimum absolute atomic E-state index is 0.502. The van der Waals surface area contributed by atoms with Crippen LogP contribution in [0.3, 0.4) is 0 Å². The molecule has 2 N–H and O–H groups in total. The fourth-order valence-electron chi connectivity index (χ4n) is 1.59. The van der Waals surface area contributed by atoms with E-state index in [1.165, 1.54) is 5.56 Å². The van der Waals surface area contributed by atoms with Crippen molar-refractivity contribution < 1.29 is 0 Å². The monoisotopic (exact) mass is 240 g/mol. The summed E-state index contributed by atoms with van der Waals surface area (Å²) in [6, 6.07) is 8.52. The molecule has 0 amide bonds. The van der Waals surface area contributed by atoms with Crippen molar-refractivity contribution in [3.05, 3.63) is 34.9 Å². The Morgan fingerprint density at radius 1 is 1.31 bits per heavy atom. The van der Waals surface area contributed by atoms with Crippen LogP contribution in [0.2, 0.25) is 5.02 Å². The molecule has 90 valence electrons. The van der Waals surface area contributed by atoms with E-state index in [-0.39, 0.29) is 0 Å². The zero-order valence-corrected chi connectivity index (χ0v) is 10.8. The lowest BCUT2D eigenvalue weighted by atomic mass is 10.1. The second-order valence-electron chi connectivity index (χ2n) is 4.00. The van der Waals surface area contributed by atoms with E-state index in [9.17, 15) is 0 Å². The van der Waals surface area contributed by atoms with Gasteiger partial charge in [0.25, 0.3) is 0 Å². The normalized spacial score (nSPS) is 12.7. The van der Waals surface area contributed by atoms with Crippen molar-refractivity contribution in [3.8, 4) is 0 Å². The van der Waals surface area contributed by atoms with Gasteiger partial charge in [-0.05, 0) is 38.1 Å². The minimum Gasteiger partial charge on any atom is -0.315 e. The summed E-state index contributed by atoms with van der Waals surface area (Å²) in [5, 5.41) is 7.66. The van der Waals surface area contributed by atoms with E-state index < -0.39 is 0 Å². The van der Waals surface area contributed by atoms with E-state index in [1.54, 1.807) is 0 Å². The fraction of sp³-hybridized carbons (Fsp3) is 0.538. The summed E-state index contributed by atoms with van der Waals surface area (Å²) in [5.41, 5.74) is 1.22. The van der Waals surface area contributed by atoms with Gasteiger partial charge >= 0.3 is 0 Å². The molecule has 16 heavy (non-hydrogen) atoms. The average Bonchev–Trinajstić information content (AvgIpc) is 2.29. The van der Waals surface area contributed by atoms with Crippen molar-refractivity contribution in [2.45, 2.75) is 26.3 Å². The summed E-state index contributed by atoms with van der Waals surface area (Å²) < 4.78 is 0. The molecule has 0 radical (unpaired) electrons. The van der Waals surface area contributed by atoms with Crippen LogP contribution >= 0.6 is 11.6 Å². The third-order valence-electron chi connectivity index (χ3n) is 2.55. The number of hydrogen-bond donors (Lipinski definition) is 2. The first-order valence-corrected chi connectivity index (χ1v) is 6.29. The van der Waals surface area contributed by atoms with E-state index in [1.807, 2.05) is 18.2 Å². The first-order chi connectivity index (χ1) is 7.74. The molecule has 0 bridgehead atoms. The maximum atomic E-state index is 6.08. The summed E-state index contributed by atoms with van der Waals surface area (Å²) in [6.07, 6.45) is 0.982. The molecular formula is C13H21ClN2. The van der Waals surface area contributed by atoms with Crippen LogP contribution in [0.15, 0.2) is 24.3 Å². The van der Waals surface area contributed by atoms with Crippen molar-refractivity contribution in [3.63, 3.8) is 0 Å². The second-order valence-corrected chi connectivity index (χ2v) is 4.41. The van der Waals surface area contributed by atoms with Crippen molar-refractivity contribution in [2.24, 2.45) is 0 Å². The molecule has 0 heterocycles. The molecule has 1 rings (SSSR count). The second kappa shape index (κ2) is 7.66. The van der Waals surface area contributed by atoms with Crippen LogP contribution in [0, 0.1) is 0 Å². The third kappa shape index (κ3) is 4.97. The highest BCUT2D eigenvalue weighted by Gasteiger charge is 2.01. The Labute approximate surface area is 103 Å². The SMILES string of the molecule is CCNCC(C)NCCc1ccccc1Cl. The topological polar surface area (TPSA) is 24.1 Å². The van der Waals surface area contributed by atoms with Crippen LogP contribution in [0.5, 0.6) is 0 Å². The van der Waals surface area contributed by atoms with E-state index >= 15 is 0 Å². The number of halogens is 1. The van der Waals surface area contributed by atoms with Crippen molar-refractivity contribution in [1.82, 2.24) is 10.6 Å². The molecule has 2 nitrogen and oxygen atoms in total. The Morgan fingerprint density at radius 3 is 2.75 bits per heavy atom. The van der Waals surface area contributed by atoms with Gasteiger partial charge in [-0.1, -0.05) is 36.7 Å². The van der Waals surface area contributed by atoms with Gasteiger partial charge in [0, 0.05) is 17.6 Å². The zero-order chi connectivity index (χ0) is 11.8. The van der Waals surface area contributed by atoms with Crippen molar-refractivity contribution >= 4 is 11.6 Å². The maximum Gasteiger partial charge on any atom is 0.0438 e. The van der Waals surface area contributed by atoms with Gasteiger partial charge in [-0.2, -0.15) is 0 Å². The van der Waals surface area contributed by atoms with E-state index in [4.69, 9.17) is 11.6 Å². The van der Waals surface area contributed by atoms with Gasteiger partial charge in [-0.3, -0.25) is 0 Å². The molecule has 1 aromatic carbocycles. The molecule has 0 aromatic heterocycles. The minimum atomic E-state index is 0.502. The Morgan fingerprint density at radius 2 is 2.06 bits per heavy atom. The average molecular weight is 241 g/mol. The number of benzene rings is 1. The van der Waals surface area contributed by atoms with Gasteiger partial charge in [0.2, 0.25) is 0 Å². The molecule has 0 aliphatic heterocycles. The Balaban J connectivity index is 2.23. The Kier molecular flexibility index (Phi) is 6.46. The van der Waals surface area contributed by atoms with Gasteiger partial charge in [0.05, 0.1) is 0 Å². The smallest absolute Gasteiger partial charge is 0.0438 e. The van der Waals surface area contributed by atoms with Crippen molar-refractivity contribution in [1.29, 1.82) is 0 Å². The molecule has 1 unspecified atom stereocenters. The van der Waals surface area contributed by atoms with Crippen LogP contribution in [0.25, 0.3) is 0 Å². The molecule has 0 aliphatic rings. The number of rotatable bonds is 7. The summed E-state index contributed by atoms with van der Waals surface area (Å²) in [6.45, 7) is 7.32. The van der Waals surface area contributed by atoms with Gasteiger partial charge < -0.3 is 10.6 Å². The van der Waals surface area contributed by atoms with Crippen LogP contribution in [0.1, 0.15) is 19.4 Å². The summed E-state index contributed by atoms with van der Waals surface area (Å²) in [5.74, 6) is 0. The lowest BCUT2D eigenvalue weighted by molar-refractivity contribution is 0.512. The van der Waals surface area contributed by atoms with Crippen LogP contribution in [-0.4, -0.2) is 25.7 Å². The van der Waals surface area contributed by atoms with E-state index in [0.717, 1.165) is 31.1 Å². The highest BCUT2D eigenvalue weighted by molar-refractivity contribution is 6.31. The van der Waals surface area contributed by atoms with E-state index in [2.05, 4.69) is 30.5 Å². The van der Waals surface area contributed by atoms with Crippen LogP contribution in [-0.2, 0) is 6.42 Å². The molecule has 0 fully saturated rings. The largest absolute Gasteiger partial charge is 0.315 e. The molecule has 0 spiro atoms. The summed E-state index contributed by atoms with van der Waals surface area (Å²) in [4.78, 5) is 0.